The first-order chi connectivity index (χ1) is 8.63. The Morgan fingerprint density at radius 1 is 1.28 bits per heavy atom. The van der Waals surface area contributed by atoms with Crippen LogP contribution in [0.5, 0.6) is 0 Å². The van der Waals surface area contributed by atoms with Crippen molar-refractivity contribution in [1.82, 2.24) is 10.6 Å². The molecule has 1 rings (SSSR count). The Morgan fingerprint density at radius 3 is 2.50 bits per heavy atom. The molecule has 1 unspecified atom stereocenters. The molecule has 0 aromatic carbocycles. The summed E-state index contributed by atoms with van der Waals surface area (Å²) in [6, 6.07) is -0.516. The van der Waals surface area contributed by atoms with Gasteiger partial charge in [-0.3, -0.25) is 9.59 Å². The Kier molecular flexibility index (Phi) is 7.16. The van der Waals surface area contributed by atoms with Crippen molar-refractivity contribution in [1.29, 1.82) is 0 Å². The van der Waals surface area contributed by atoms with Gasteiger partial charge in [-0.25, -0.2) is 0 Å². The Labute approximate surface area is 115 Å². The molecule has 1 saturated carbocycles. The van der Waals surface area contributed by atoms with Crippen molar-refractivity contribution < 1.29 is 9.59 Å². The van der Waals surface area contributed by atoms with E-state index < -0.39 is 6.04 Å². The van der Waals surface area contributed by atoms with Gasteiger partial charge in [0.2, 0.25) is 11.8 Å². The van der Waals surface area contributed by atoms with Gasteiger partial charge in [0.1, 0.15) is 6.04 Å². The van der Waals surface area contributed by atoms with Crippen LogP contribution in [0.15, 0.2) is 0 Å². The molecule has 1 fully saturated rings. The maximum Gasteiger partial charge on any atom is 0.243 e. The average molecular weight is 272 g/mol. The first kappa shape index (κ1) is 15.3. The van der Waals surface area contributed by atoms with Gasteiger partial charge in [-0.1, -0.05) is 32.1 Å². The predicted octanol–water partition coefficient (Wildman–Crippen LogP) is 1.51. The van der Waals surface area contributed by atoms with Gasteiger partial charge in [0.15, 0.2) is 0 Å². The molecule has 0 saturated heterocycles. The number of carbonyl (C=O) groups excluding carboxylic acids is 2. The van der Waals surface area contributed by atoms with Crippen molar-refractivity contribution in [2.45, 2.75) is 51.5 Å². The Hall–Kier alpha value is -0.710. The standard InChI is InChI=1S/C13H24N2O2S/c1-10(16)15-12(9-18)13(17)14-8-7-11-5-3-2-4-6-11/h11-12,18H,2-9H2,1H3,(H,14,17)(H,15,16). The molecule has 0 bridgehead atoms. The first-order valence-electron chi connectivity index (χ1n) is 6.79. The van der Waals surface area contributed by atoms with Crippen molar-refractivity contribution in [3.8, 4) is 0 Å². The molecule has 0 radical (unpaired) electrons. The molecule has 2 N–H and O–H groups in total. The van der Waals surface area contributed by atoms with Crippen LogP contribution < -0.4 is 10.6 Å². The third-order valence-corrected chi connectivity index (χ3v) is 3.82. The van der Waals surface area contributed by atoms with E-state index in [9.17, 15) is 9.59 Å². The van der Waals surface area contributed by atoms with Gasteiger partial charge in [0.05, 0.1) is 0 Å². The lowest BCUT2D eigenvalue weighted by Gasteiger charge is -2.22. The SMILES string of the molecule is CC(=O)NC(CS)C(=O)NCCC1CCCCC1. The second kappa shape index (κ2) is 8.40. The molecule has 0 aromatic heterocycles. The van der Waals surface area contributed by atoms with E-state index in [-0.39, 0.29) is 11.8 Å². The summed E-state index contributed by atoms with van der Waals surface area (Å²) in [6.07, 6.45) is 7.63. The van der Waals surface area contributed by atoms with E-state index >= 15 is 0 Å². The fraction of sp³-hybridized carbons (Fsp3) is 0.846. The number of thiol groups is 1. The fourth-order valence-corrected chi connectivity index (χ4v) is 2.70. The molecule has 18 heavy (non-hydrogen) atoms. The molecular formula is C13H24N2O2S. The zero-order valence-electron chi connectivity index (χ0n) is 11.1. The second-order valence-electron chi connectivity index (χ2n) is 5.02. The van der Waals surface area contributed by atoms with Gasteiger partial charge in [-0.2, -0.15) is 12.6 Å². The number of amides is 2. The van der Waals surface area contributed by atoms with Gasteiger partial charge in [0, 0.05) is 19.2 Å². The van der Waals surface area contributed by atoms with Crippen LogP contribution in [-0.4, -0.2) is 30.2 Å². The number of hydrogen-bond donors (Lipinski definition) is 3. The van der Waals surface area contributed by atoms with Crippen molar-refractivity contribution in [2.24, 2.45) is 5.92 Å². The summed E-state index contributed by atoms with van der Waals surface area (Å²) in [4.78, 5) is 22.7. The zero-order chi connectivity index (χ0) is 13.4. The summed E-state index contributed by atoms with van der Waals surface area (Å²) in [5.74, 6) is 0.760. The minimum absolute atomic E-state index is 0.129. The maximum atomic E-state index is 11.8. The Balaban J connectivity index is 2.20. The highest BCUT2D eigenvalue weighted by atomic mass is 32.1. The highest BCUT2D eigenvalue weighted by Gasteiger charge is 2.18. The van der Waals surface area contributed by atoms with Gasteiger partial charge >= 0.3 is 0 Å². The first-order valence-corrected chi connectivity index (χ1v) is 7.42. The van der Waals surface area contributed by atoms with E-state index in [2.05, 4.69) is 23.3 Å². The van der Waals surface area contributed by atoms with Gasteiger partial charge in [-0.05, 0) is 12.3 Å². The summed E-state index contributed by atoms with van der Waals surface area (Å²) in [7, 11) is 0. The van der Waals surface area contributed by atoms with Crippen LogP contribution in [0, 0.1) is 5.92 Å². The van der Waals surface area contributed by atoms with E-state index in [0.717, 1.165) is 12.3 Å². The number of hydrogen-bond acceptors (Lipinski definition) is 3. The minimum Gasteiger partial charge on any atom is -0.354 e. The lowest BCUT2D eigenvalue weighted by atomic mass is 9.87. The molecular weight excluding hydrogens is 248 g/mol. The summed E-state index contributed by atoms with van der Waals surface area (Å²) in [5, 5.41) is 5.47. The van der Waals surface area contributed by atoms with Crippen LogP contribution in [-0.2, 0) is 9.59 Å². The van der Waals surface area contributed by atoms with E-state index in [4.69, 9.17) is 0 Å². The number of carbonyl (C=O) groups is 2. The summed E-state index contributed by atoms with van der Waals surface area (Å²) in [6.45, 7) is 2.11. The Bertz CT molecular complexity index is 278. The predicted molar refractivity (Wildman–Crippen MR) is 75.7 cm³/mol. The molecule has 2 amide bonds. The van der Waals surface area contributed by atoms with Crippen molar-refractivity contribution in [3.63, 3.8) is 0 Å². The van der Waals surface area contributed by atoms with E-state index in [1.54, 1.807) is 0 Å². The molecule has 104 valence electrons. The largest absolute Gasteiger partial charge is 0.354 e. The lowest BCUT2D eigenvalue weighted by Crippen LogP contribution is -2.47. The molecule has 1 aliphatic rings. The second-order valence-corrected chi connectivity index (χ2v) is 5.38. The molecule has 0 spiro atoms. The van der Waals surface area contributed by atoms with E-state index in [0.29, 0.717) is 12.3 Å². The van der Waals surface area contributed by atoms with Crippen LogP contribution in [0.2, 0.25) is 0 Å². The van der Waals surface area contributed by atoms with E-state index in [1.165, 1.54) is 39.0 Å². The van der Waals surface area contributed by atoms with E-state index in [1.807, 2.05) is 0 Å². The van der Waals surface area contributed by atoms with Crippen LogP contribution in [0.25, 0.3) is 0 Å². The van der Waals surface area contributed by atoms with Crippen LogP contribution in [0.1, 0.15) is 45.4 Å². The van der Waals surface area contributed by atoms with Crippen molar-refractivity contribution in [2.75, 3.05) is 12.3 Å². The van der Waals surface area contributed by atoms with Crippen LogP contribution in [0.4, 0.5) is 0 Å². The smallest absolute Gasteiger partial charge is 0.243 e. The molecule has 0 heterocycles. The quantitative estimate of drug-likeness (QED) is 0.642. The molecule has 1 atom stereocenters. The molecule has 5 heteroatoms. The van der Waals surface area contributed by atoms with Crippen LogP contribution in [0.3, 0.4) is 0 Å². The summed E-state index contributed by atoms with van der Waals surface area (Å²) in [5.41, 5.74) is 0. The normalized spacial score (nSPS) is 18.1. The zero-order valence-corrected chi connectivity index (χ0v) is 12.0. The topological polar surface area (TPSA) is 58.2 Å². The maximum absolute atomic E-state index is 11.8. The highest BCUT2D eigenvalue weighted by Crippen LogP contribution is 2.25. The van der Waals surface area contributed by atoms with Crippen LogP contribution >= 0.6 is 12.6 Å². The van der Waals surface area contributed by atoms with Crippen molar-refractivity contribution in [3.05, 3.63) is 0 Å². The monoisotopic (exact) mass is 272 g/mol. The minimum atomic E-state index is -0.516. The molecule has 0 aliphatic heterocycles. The molecule has 4 nitrogen and oxygen atoms in total. The summed E-state index contributed by atoms with van der Waals surface area (Å²) >= 11 is 4.08. The lowest BCUT2D eigenvalue weighted by molar-refractivity contribution is -0.127. The number of nitrogens with one attached hydrogen (secondary N) is 2. The summed E-state index contributed by atoms with van der Waals surface area (Å²) < 4.78 is 0. The highest BCUT2D eigenvalue weighted by molar-refractivity contribution is 7.80. The van der Waals surface area contributed by atoms with Crippen molar-refractivity contribution >= 4 is 24.4 Å². The average Bonchev–Trinajstić information content (AvgIpc) is 2.36. The third kappa shape index (κ3) is 5.76. The molecule has 0 aromatic rings. The Morgan fingerprint density at radius 2 is 1.94 bits per heavy atom. The molecule has 1 aliphatic carbocycles. The fourth-order valence-electron chi connectivity index (χ4n) is 2.44. The third-order valence-electron chi connectivity index (χ3n) is 3.45. The van der Waals surface area contributed by atoms with Gasteiger partial charge < -0.3 is 10.6 Å². The van der Waals surface area contributed by atoms with Gasteiger partial charge in [0.25, 0.3) is 0 Å². The number of rotatable bonds is 6. The van der Waals surface area contributed by atoms with Gasteiger partial charge in [-0.15, -0.1) is 0 Å².